The predicted octanol–water partition coefficient (Wildman–Crippen LogP) is 2.33. The zero-order chi connectivity index (χ0) is 13.1. The molecule has 1 saturated heterocycles. The van der Waals surface area contributed by atoms with Crippen molar-refractivity contribution in [1.82, 2.24) is 5.32 Å². The summed E-state index contributed by atoms with van der Waals surface area (Å²) in [6.07, 6.45) is 3.54. The summed E-state index contributed by atoms with van der Waals surface area (Å²) in [6.45, 7) is 5.15. The van der Waals surface area contributed by atoms with E-state index in [0.29, 0.717) is 5.92 Å². The molecule has 1 unspecified atom stereocenters. The monoisotopic (exact) mass is 258 g/mol. The van der Waals surface area contributed by atoms with Gasteiger partial charge < -0.3 is 10.1 Å². The first-order valence-electron chi connectivity index (χ1n) is 7.28. The molecule has 19 heavy (non-hydrogen) atoms. The third kappa shape index (κ3) is 3.16. The molecule has 0 saturated carbocycles. The van der Waals surface area contributed by atoms with Crippen molar-refractivity contribution in [2.75, 3.05) is 19.6 Å². The molecule has 0 spiro atoms. The van der Waals surface area contributed by atoms with E-state index in [-0.39, 0.29) is 6.10 Å². The number of hydrogen-bond donors (Lipinski definition) is 1. The van der Waals surface area contributed by atoms with E-state index < -0.39 is 0 Å². The van der Waals surface area contributed by atoms with Crippen LogP contribution in [0.5, 0.6) is 0 Å². The molecule has 3 nitrogen and oxygen atoms in total. The molecule has 2 aliphatic rings. The standard InChI is InChI=1S/C16H22N2O/c1-12-3-2-4-13(9-12)10-15-11-18-16(19-15)14-5-7-17-8-6-14/h2-4,9,14-15,17H,5-8,10-11H2,1H3. The zero-order valence-electron chi connectivity index (χ0n) is 11.6. The van der Waals surface area contributed by atoms with Gasteiger partial charge in [0.05, 0.1) is 6.54 Å². The maximum absolute atomic E-state index is 6.07. The summed E-state index contributed by atoms with van der Waals surface area (Å²) in [7, 11) is 0. The van der Waals surface area contributed by atoms with Crippen LogP contribution in [0.1, 0.15) is 24.0 Å². The summed E-state index contributed by atoms with van der Waals surface area (Å²) in [4.78, 5) is 4.63. The lowest BCUT2D eigenvalue weighted by Gasteiger charge is -2.23. The van der Waals surface area contributed by atoms with Crippen molar-refractivity contribution < 1.29 is 4.74 Å². The fourth-order valence-electron chi connectivity index (χ4n) is 2.94. The Morgan fingerprint density at radius 1 is 1.32 bits per heavy atom. The van der Waals surface area contributed by atoms with E-state index in [1.54, 1.807) is 0 Å². The lowest BCUT2D eigenvalue weighted by atomic mass is 9.98. The van der Waals surface area contributed by atoms with E-state index in [1.165, 1.54) is 11.1 Å². The van der Waals surface area contributed by atoms with Crippen molar-refractivity contribution in [2.24, 2.45) is 10.9 Å². The van der Waals surface area contributed by atoms with Crippen LogP contribution in [0.3, 0.4) is 0 Å². The molecule has 2 aliphatic heterocycles. The summed E-state index contributed by atoms with van der Waals surface area (Å²) >= 11 is 0. The summed E-state index contributed by atoms with van der Waals surface area (Å²) in [6, 6.07) is 8.68. The van der Waals surface area contributed by atoms with Gasteiger partial charge in [0.2, 0.25) is 0 Å². The molecule has 3 rings (SSSR count). The quantitative estimate of drug-likeness (QED) is 0.903. The average molecular weight is 258 g/mol. The van der Waals surface area contributed by atoms with Crippen LogP contribution >= 0.6 is 0 Å². The summed E-state index contributed by atoms with van der Waals surface area (Å²) in [5.74, 6) is 1.56. The fraction of sp³-hybridized carbons (Fsp3) is 0.562. The Hall–Kier alpha value is -1.35. The summed E-state index contributed by atoms with van der Waals surface area (Å²) < 4.78 is 6.07. The highest BCUT2D eigenvalue weighted by molar-refractivity contribution is 5.80. The molecule has 1 fully saturated rings. The van der Waals surface area contributed by atoms with E-state index in [0.717, 1.165) is 44.8 Å². The highest BCUT2D eigenvalue weighted by atomic mass is 16.5. The number of benzene rings is 1. The number of nitrogens with one attached hydrogen (secondary N) is 1. The Labute approximate surface area is 115 Å². The van der Waals surface area contributed by atoms with Gasteiger partial charge in [-0.25, -0.2) is 0 Å². The van der Waals surface area contributed by atoms with Crippen LogP contribution in [-0.4, -0.2) is 31.6 Å². The number of nitrogens with zero attached hydrogens (tertiary/aromatic N) is 1. The molecular formula is C16H22N2O. The van der Waals surface area contributed by atoms with Gasteiger partial charge in [-0.15, -0.1) is 0 Å². The fourth-order valence-corrected chi connectivity index (χ4v) is 2.94. The summed E-state index contributed by atoms with van der Waals surface area (Å²) in [5.41, 5.74) is 2.67. The second-order valence-corrected chi connectivity index (χ2v) is 5.64. The van der Waals surface area contributed by atoms with E-state index >= 15 is 0 Å². The number of piperidine rings is 1. The van der Waals surface area contributed by atoms with Crippen LogP contribution in [0.15, 0.2) is 29.3 Å². The topological polar surface area (TPSA) is 33.6 Å². The van der Waals surface area contributed by atoms with Gasteiger partial charge in [-0.1, -0.05) is 29.8 Å². The normalized spacial score (nSPS) is 24.1. The van der Waals surface area contributed by atoms with E-state index in [2.05, 4.69) is 41.5 Å². The van der Waals surface area contributed by atoms with Crippen molar-refractivity contribution in [1.29, 1.82) is 0 Å². The van der Waals surface area contributed by atoms with Crippen molar-refractivity contribution in [3.63, 3.8) is 0 Å². The molecule has 1 aromatic carbocycles. The molecular weight excluding hydrogens is 236 g/mol. The molecule has 0 amide bonds. The Bertz CT molecular complexity index is 464. The largest absolute Gasteiger partial charge is 0.475 e. The van der Waals surface area contributed by atoms with Gasteiger partial charge in [-0.3, -0.25) is 4.99 Å². The van der Waals surface area contributed by atoms with Gasteiger partial charge in [0.15, 0.2) is 5.90 Å². The lowest BCUT2D eigenvalue weighted by Crippen LogP contribution is -2.32. The van der Waals surface area contributed by atoms with Gasteiger partial charge in [0, 0.05) is 12.3 Å². The van der Waals surface area contributed by atoms with Crippen LogP contribution in [0.25, 0.3) is 0 Å². The van der Waals surface area contributed by atoms with Crippen LogP contribution in [0, 0.1) is 12.8 Å². The van der Waals surface area contributed by atoms with Crippen molar-refractivity contribution in [2.45, 2.75) is 32.3 Å². The number of aliphatic imine (C=N–C) groups is 1. The van der Waals surface area contributed by atoms with E-state index in [1.807, 2.05) is 0 Å². The molecule has 2 heterocycles. The first-order valence-corrected chi connectivity index (χ1v) is 7.28. The molecule has 1 atom stereocenters. The summed E-state index contributed by atoms with van der Waals surface area (Å²) in [5, 5.41) is 3.38. The van der Waals surface area contributed by atoms with Crippen molar-refractivity contribution in [3.05, 3.63) is 35.4 Å². The van der Waals surface area contributed by atoms with Crippen molar-refractivity contribution in [3.8, 4) is 0 Å². The molecule has 0 radical (unpaired) electrons. The smallest absolute Gasteiger partial charge is 0.187 e. The van der Waals surface area contributed by atoms with Gasteiger partial charge in [-0.05, 0) is 38.4 Å². The van der Waals surface area contributed by atoms with Gasteiger partial charge in [0.25, 0.3) is 0 Å². The Morgan fingerprint density at radius 2 is 2.16 bits per heavy atom. The lowest BCUT2D eigenvalue weighted by molar-refractivity contribution is 0.204. The van der Waals surface area contributed by atoms with Crippen LogP contribution in [0.2, 0.25) is 0 Å². The molecule has 1 N–H and O–H groups in total. The SMILES string of the molecule is Cc1cccc(CC2CN=C(C3CCNCC3)O2)c1. The third-order valence-electron chi connectivity index (χ3n) is 3.97. The maximum Gasteiger partial charge on any atom is 0.187 e. The Kier molecular flexibility index (Phi) is 3.83. The minimum atomic E-state index is 0.242. The minimum absolute atomic E-state index is 0.242. The van der Waals surface area contributed by atoms with Crippen LogP contribution in [0.4, 0.5) is 0 Å². The van der Waals surface area contributed by atoms with Gasteiger partial charge in [-0.2, -0.15) is 0 Å². The third-order valence-corrected chi connectivity index (χ3v) is 3.97. The number of rotatable bonds is 3. The molecule has 0 aliphatic carbocycles. The molecule has 102 valence electrons. The Morgan fingerprint density at radius 3 is 2.95 bits per heavy atom. The van der Waals surface area contributed by atoms with Gasteiger partial charge in [0.1, 0.15) is 6.10 Å². The molecule has 0 bridgehead atoms. The first kappa shape index (κ1) is 12.7. The highest BCUT2D eigenvalue weighted by Crippen LogP contribution is 2.21. The second kappa shape index (κ2) is 5.74. The zero-order valence-corrected chi connectivity index (χ0v) is 11.6. The van der Waals surface area contributed by atoms with Crippen LogP contribution in [-0.2, 0) is 11.2 Å². The number of aryl methyl sites for hydroxylation is 1. The van der Waals surface area contributed by atoms with Crippen molar-refractivity contribution >= 4 is 5.90 Å². The second-order valence-electron chi connectivity index (χ2n) is 5.64. The van der Waals surface area contributed by atoms with Crippen LogP contribution < -0.4 is 5.32 Å². The van der Waals surface area contributed by atoms with E-state index in [4.69, 9.17) is 4.74 Å². The molecule has 1 aromatic rings. The number of hydrogen-bond acceptors (Lipinski definition) is 3. The molecule has 0 aromatic heterocycles. The highest BCUT2D eigenvalue weighted by Gasteiger charge is 2.27. The maximum atomic E-state index is 6.07. The molecule has 3 heteroatoms. The minimum Gasteiger partial charge on any atom is -0.475 e. The predicted molar refractivity (Wildman–Crippen MR) is 77.7 cm³/mol. The first-order chi connectivity index (χ1) is 9.31. The Balaban J connectivity index is 1.55. The number of ether oxygens (including phenoxy) is 1. The average Bonchev–Trinajstić information content (AvgIpc) is 2.88. The van der Waals surface area contributed by atoms with Gasteiger partial charge >= 0.3 is 0 Å². The van der Waals surface area contributed by atoms with E-state index in [9.17, 15) is 0 Å².